The predicted molar refractivity (Wildman–Crippen MR) is 93.6 cm³/mol. The zero-order chi connectivity index (χ0) is 16.5. The Bertz CT molecular complexity index is 490. The topological polar surface area (TPSA) is 55.6 Å². The third-order valence-corrected chi connectivity index (χ3v) is 4.69. The van der Waals surface area contributed by atoms with Crippen LogP contribution in [0.2, 0.25) is 0 Å². The van der Waals surface area contributed by atoms with Gasteiger partial charge in [-0.3, -0.25) is 4.79 Å². The fourth-order valence-corrected chi connectivity index (χ4v) is 3.42. The number of nitrogens with zero attached hydrogens (tertiary/aromatic N) is 1. The van der Waals surface area contributed by atoms with Crippen molar-refractivity contribution in [1.29, 1.82) is 0 Å². The lowest BCUT2D eigenvalue weighted by molar-refractivity contribution is -0.132. The van der Waals surface area contributed by atoms with Crippen LogP contribution in [-0.4, -0.2) is 37.0 Å². The minimum atomic E-state index is 0.315. The molecule has 1 fully saturated rings. The second-order valence-corrected chi connectivity index (χ2v) is 6.35. The number of ether oxygens (including phenoxy) is 1. The molecule has 0 aromatic heterocycles. The van der Waals surface area contributed by atoms with Gasteiger partial charge in [0, 0.05) is 19.0 Å². The van der Waals surface area contributed by atoms with Crippen molar-refractivity contribution in [1.82, 2.24) is 4.90 Å². The van der Waals surface area contributed by atoms with Crippen LogP contribution in [-0.2, 0) is 11.2 Å². The van der Waals surface area contributed by atoms with Gasteiger partial charge in [-0.2, -0.15) is 0 Å². The normalized spacial score (nSPS) is 17.5. The van der Waals surface area contributed by atoms with E-state index in [1.807, 2.05) is 18.2 Å². The van der Waals surface area contributed by atoms with Crippen LogP contribution in [0.1, 0.15) is 50.5 Å². The summed E-state index contributed by atoms with van der Waals surface area (Å²) >= 11 is 0. The number of amides is 1. The first-order valence-corrected chi connectivity index (χ1v) is 8.87. The van der Waals surface area contributed by atoms with Crippen LogP contribution in [0, 0.1) is 0 Å². The van der Waals surface area contributed by atoms with Gasteiger partial charge in [0.05, 0.1) is 7.11 Å². The van der Waals surface area contributed by atoms with Gasteiger partial charge in [-0.1, -0.05) is 31.0 Å². The lowest BCUT2D eigenvalue weighted by Gasteiger charge is -2.25. The average molecular weight is 318 g/mol. The summed E-state index contributed by atoms with van der Waals surface area (Å²) in [5, 5.41) is 0. The number of carbonyl (C=O) groups excluding carboxylic acids is 1. The summed E-state index contributed by atoms with van der Waals surface area (Å²) in [7, 11) is 1.71. The largest absolute Gasteiger partial charge is 0.496 e. The number of rotatable bonds is 9. The Labute approximate surface area is 140 Å². The highest BCUT2D eigenvalue weighted by molar-refractivity contribution is 5.76. The maximum absolute atomic E-state index is 12.5. The third-order valence-electron chi connectivity index (χ3n) is 4.69. The number of carbonyl (C=O) groups is 1. The van der Waals surface area contributed by atoms with Gasteiger partial charge in [0.1, 0.15) is 5.75 Å². The lowest BCUT2D eigenvalue weighted by atomic mass is 10.0. The van der Waals surface area contributed by atoms with E-state index in [1.54, 1.807) is 7.11 Å². The lowest BCUT2D eigenvalue weighted by Crippen LogP contribution is -2.36. The molecule has 2 rings (SSSR count). The molecule has 1 aliphatic rings. The van der Waals surface area contributed by atoms with Crippen molar-refractivity contribution < 1.29 is 9.53 Å². The summed E-state index contributed by atoms with van der Waals surface area (Å²) in [6.07, 6.45) is 8.05. The van der Waals surface area contributed by atoms with Crippen LogP contribution in [0.25, 0.3) is 0 Å². The van der Waals surface area contributed by atoms with Gasteiger partial charge in [-0.05, 0) is 50.3 Å². The van der Waals surface area contributed by atoms with Gasteiger partial charge in [0.2, 0.25) is 5.91 Å². The number of unbranched alkanes of at least 4 members (excludes halogenated alkanes) is 3. The molecule has 0 radical (unpaired) electrons. The summed E-state index contributed by atoms with van der Waals surface area (Å²) in [4.78, 5) is 14.6. The fraction of sp³-hybridized carbons (Fsp3) is 0.632. The molecule has 0 aliphatic carbocycles. The van der Waals surface area contributed by atoms with Crippen molar-refractivity contribution in [3.05, 3.63) is 29.8 Å². The predicted octanol–water partition coefficient (Wildman–Crippen LogP) is 3.14. The van der Waals surface area contributed by atoms with Crippen molar-refractivity contribution >= 4 is 5.91 Å². The van der Waals surface area contributed by atoms with E-state index >= 15 is 0 Å². The summed E-state index contributed by atoms with van der Waals surface area (Å²) < 4.78 is 5.44. The fourth-order valence-electron chi connectivity index (χ4n) is 3.42. The molecule has 4 nitrogen and oxygen atoms in total. The van der Waals surface area contributed by atoms with Crippen molar-refractivity contribution in [2.45, 2.75) is 57.4 Å². The second kappa shape index (κ2) is 9.56. The number of hydrogen-bond acceptors (Lipinski definition) is 3. The molecule has 23 heavy (non-hydrogen) atoms. The van der Waals surface area contributed by atoms with E-state index in [9.17, 15) is 4.79 Å². The molecule has 1 aromatic carbocycles. The van der Waals surface area contributed by atoms with E-state index in [0.717, 1.165) is 63.8 Å². The molecular weight excluding hydrogens is 288 g/mol. The Morgan fingerprint density at radius 1 is 1.26 bits per heavy atom. The smallest absolute Gasteiger partial charge is 0.222 e. The maximum Gasteiger partial charge on any atom is 0.222 e. The number of hydrogen-bond donors (Lipinski definition) is 1. The summed E-state index contributed by atoms with van der Waals surface area (Å²) in [5.41, 5.74) is 6.70. The van der Waals surface area contributed by atoms with E-state index in [-0.39, 0.29) is 0 Å². The zero-order valence-electron chi connectivity index (χ0n) is 14.3. The molecule has 2 N–H and O–H groups in total. The molecule has 128 valence electrons. The Morgan fingerprint density at radius 2 is 2.04 bits per heavy atom. The molecule has 4 heteroatoms. The van der Waals surface area contributed by atoms with Crippen LogP contribution in [0.3, 0.4) is 0 Å². The van der Waals surface area contributed by atoms with Gasteiger partial charge in [-0.15, -0.1) is 0 Å². The van der Waals surface area contributed by atoms with E-state index in [4.69, 9.17) is 10.5 Å². The molecule has 0 saturated carbocycles. The molecule has 1 heterocycles. The van der Waals surface area contributed by atoms with Crippen molar-refractivity contribution in [3.8, 4) is 5.75 Å². The number of likely N-dealkylation sites (tertiary alicyclic amines) is 1. The Kier molecular flexibility index (Phi) is 7.40. The number of benzene rings is 1. The number of methoxy groups -OCH3 is 1. The molecule has 1 amide bonds. The summed E-state index contributed by atoms with van der Waals surface area (Å²) in [6.45, 7) is 1.66. The van der Waals surface area contributed by atoms with E-state index < -0.39 is 0 Å². The Morgan fingerprint density at radius 3 is 2.83 bits per heavy atom. The highest BCUT2D eigenvalue weighted by atomic mass is 16.5. The van der Waals surface area contributed by atoms with Crippen molar-refractivity contribution in [3.63, 3.8) is 0 Å². The van der Waals surface area contributed by atoms with Gasteiger partial charge < -0.3 is 15.4 Å². The molecule has 1 unspecified atom stereocenters. The first kappa shape index (κ1) is 17.8. The van der Waals surface area contributed by atoms with E-state index in [2.05, 4.69) is 11.0 Å². The molecule has 0 spiro atoms. The second-order valence-electron chi connectivity index (χ2n) is 6.35. The van der Waals surface area contributed by atoms with Crippen molar-refractivity contribution in [2.24, 2.45) is 5.73 Å². The molecule has 1 aliphatic heterocycles. The number of para-hydroxylation sites is 1. The van der Waals surface area contributed by atoms with Crippen LogP contribution in [0.15, 0.2) is 24.3 Å². The first-order valence-electron chi connectivity index (χ1n) is 8.87. The molecular formula is C19H30N2O2. The highest BCUT2D eigenvalue weighted by Gasteiger charge is 2.28. The summed E-state index contributed by atoms with van der Waals surface area (Å²) in [5.74, 6) is 1.24. The minimum Gasteiger partial charge on any atom is -0.496 e. The Balaban J connectivity index is 1.85. The number of nitrogens with two attached hydrogens (primary N) is 1. The van der Waals surface area contributed by atoms with Gasteiger partial charge in [-0.25, -0.2) is 0 Å². The SMILES string of the molecule is COc1ccccc1CC1CCCN1C(=O)CCCCCCN. The zero-order valence-corrected chi connectivity index (χ0v) is 14.3. The first-order chi connectivity index (χ1) is 11.3. The standard InChI is InChI=1S/C19H30N2O2/c1-23-18-11-6-5-9-16(18)15-17-10-8-14-21(17)19(22)12-4-2-3-7-13-20/h5-6,9,11,17H,2-4,7-8,10,12-15,20H2,1H3. The Hall–Kier alpha value is -1.55. The molecule has 0 bridgehead atoms. The average Bonchev–Trinajstić information content (AvgIpc) is 3.03. The minimum absolute atomic E-state index is 0.315. The third kappa shape index (κ3) is 5.24. The van der Waals surface area contributed by atoms with E-state index in [1.165, 1.54) is 5.56 Å². The van der Waals surface area contributed by atoms with Crippen LogP contribution >= 0.6 is 0 Å². The van der Waals surface area contributed by atoms with Gasteiger partial charge >= 0.3 is 0 Å². The highest BCUT2D eigenvalue weighted by Crippen LogP contribution is 2.26. The van der Waals surface area contributed by atoms with Crippen LogP contribution in [0.5, 0.6) is 5.75 Å². The van der Waals surface area contributed by atoms with Gasteiger partial charge in [0.15, 0.2) is 0 Å². The van der Waals surface area contributed by atoms with Crippen LogP contribution in [0.4, 0.5) is 0 Å². The summed E-state index contributed by atoms with van der Waals surface area (Å²) in [6, 6.07) is 8.45. The quantitative estimate of drug-likeness (QED) is 0.712. The van der Waals surface area contributed by atoms with Crippen molar-refractivity contribution in [2.75, 3.05) is 20.2 Å². The van der Waals surface area contributed by atoms with E-state index in [0.29, 0.717) is 18.4 Å². The maximum atomic E-state index is 12.5. The molecule has 1 aromatic rings. The van der Waals surface area contributed by atoms with Gasteiger partial charge in [0.25, 0.3) is 0 Å². The van der Waals surface area contributed by atoms with Crippen LogP contribution < -0.4 is 10.5 Å². The molecule has 1 saturated heterocycles. The molecule has 1 atom stereocenters. The monoisotopic (exact) mass is 318 g/mol.